The maximum atomic E-state index is 12.2. The first-order chi connectivity index (χ1) is 10.0. The van der Waals surface area contributed by atoms with Crippen molar-refractivity contribution in [2.24, 2.45) is 0 Å². The number of carbonyl (C=O) groups is 1. The highest BCUT2D eigenvalue weighted by Crippen LogP contribution is 2.25. The molecule has 0 unspecified atom stereocenters. The van der Waals surface area contributed by atoms with Crippen molar-refractivity contribution in [1.29, 1.82) is 0 Å². The molecule has 6 nitrogen and oxygen atoms in total. The molecule has 112 valence electrons. The fraction of sp³-hybridized carbons (Fsp3) is 0.500. The number of amides is 1. The van der Waals surface area contributed by atoms with E-state index in [4.69, 9.17) is 0 Å². The summed E-state index contributed by atoms with van der Waals surface area (Å²) in [7, 11) is 0. The fourth-order valence-corrected chi connectivity index (χ4v) is 3.44. The van der Waals surface area contributed by atoms with Crippen LogP contribution in [-0.2, 0) is 11.3 Å². The highest BCUT2D eigenvalue weighted by atomic mass is 32.1. The summed E-state index contributed by atoms with van der Waals surface area (Å²) < 4.78 is 1.33. The normalized spacial score (nSPS) is 17.0. The average molecular weight is 307 g/mol. The summed E-state index contributed by atoms with van der Waals surface area (Å²) in [6.45, 7) is 2.68. The molecule has 0 aromatic carbocycles. The number of β-amino-alcohol motifs (C(OH)–C–C–N with tert-alkyl or cyclic N) is 1. The van der Waals surface area contributed by atoms with Gasteiger partial charge in [-0.25, -0.2) is 4.98 Å². The van der Waals surface area contributed by atoms with Crippen molar-refractivity contribution >= 4 is 27.5 Å². The largest absolute Gasteiger partial charge is 0.386 e. The second-order valence-corrected chi connectivity index (χ2v) is 6.44. The molecule has 3 rings (SSSR count). The zero-order valence-corrected chi connectivity index (χ0v) is 12.6. The van der Waals surface area contributed by atoms with Crippen molar-refractivity contribution in [2.45, 2.75) is 31.9 Å². The SMILES string of the molecule is CCCC1(O)CN(C(=O)Cn2cnc3sccc3c2=O)C1. The molecule has 1 amide bonds. The molecule has 1 aliphatic heterocycles. The molecule has 2 aromatic heterocycles. The second kappa shape index (κ2) is 5.23. The van der Waals surface area contributed by atoms with Crippen LogP contribution < -0.4 is 5.56 Å². The summed E-state index contributed by atoms with van der Waals surface area (Å²) in [6.07, 6.45) is 2.99. The third kappa shape index (κ3) is 2.58. The number of aliphatic hydroxyl groups is 1. The van der Waals surface area contributed by atoms with Crippen LogP contribution in [-0.4, -0.2) is 44.2 Å². The Bertz CT molecular complexity index is 730. The Morgan fingerprint density at radius 2 is 2.29 bits per heavy atom. The lowest BCUT2D eigenvalue weighted by atomic mass is 9.89. The number of hydrogen-bond acceptors (Lipinski definition) is 5. The van der Waals surface area contributed by atoms with Crippen LogP contribution in [0, 0.1) is 0 Å². The molecule has 1 saturated heterocycles. The monoisotopic (exact) mass is 307 g/mol. The Balaban J connectivity index is 1.70. The molecule has 21 heavy (non-hydrogen) atoms. The molecule has 0 spiro atoms. The molecule has 0 aliphatic carbocycles. The molecular weight excluding hydrogens is 290 g/mol. The number of aromatic nitrogens is 2. The number of rotatable bonds is 4. The molecule has 7 heteroatoms. The summed E-state index contributed by atoms with van der Waals surface area (Å²) in [5, 5.41) is 12.4. The third-order valence-corrected chi connectivity index (χ3v) is 4.62. The van der Waals surface area contributed by atoms with Gasteiger partial charge in [-0.2, -0.15) is 0 Å². The summed E-state index contributed by atoms with van der Waals surface area (Å²) >= 11 is 1.40. The minimum absolute atomic E-state index is 0.0280. The van der Waals surface area contributed by atoms with Crippen molar-refractivity contribution in [3.05, 3.63) is 28.1 Å². The smallest absolute Gasteiger partial charge is 0.262 e. The van der Waals surface area contributed by atoms with Crippen LogP contribution in [0.15, 0.2) is 22.6 Å². The van der Waals surface area contributed by atoms with Gasteiger partial charge in [-0.05, 0) is 17.9 Å². The van der Waals surface area contributed by atoms with Gasteiger partial charge in [-0.1, -0.05) is 13.3 Å². The van der Waals surface area contributed by atoms with E-state index in [9.17, 15) is 14.7 Å². The molecule has 0 atom stereocenters. The van der Waals surface area contributed by atoms with Crippen molar-refractivity contribution < 1.29 is 9.90 Å². The van der Waals surface area contributed by atoms with Gasteiger partial charge in [0, 0.05) is 0 Å². The van der Waals surface area contributed by atoms with Crippen molar-refractivity contribution in [1.82, 2.24) is 14.5 Å². The quantitative estimate of drug-likeness (QED) is 0.908. The van der Waals surface area contributed by atoms with Gasteiger partial charge in [0.25, 0.3) is 5.56 Å². The average Bonchev–Trinajstić information content (AvgIpc) is 2.88. The maximum absolute atomic E-state index is 12.2. The van der Waals surface area contributed by atoms with Crippen LogP contribution in [0.4, 0.5) is 0 Å². The van der Waals surface area contributed by atoms with E-state index >= 15 is 0 Å². The molecular formula is C14H17N3O3S. The molecule has 0 saturated carbocycles. The van der Waals surface area contributed by atoms with Gasteiger partial charge < -0.3 is 10.0 Å². The summed E-state index contributed by atoms with van der Waals surface area (Å²) in [4.78, 5) is 30.8. The highest BCUT2D eigenvalue weighted by molar-refractivity contribution is 7.16. The number of carbonyl (C=O) groups excluding carboxylic acids is 1. The molecule has 1 N–H and O–H groups in total. The molecule has 1 aliphatic rings. The van der Waals surface area contributed by atoms with E-state index in [0.29, 0.717) is 29.7 Å². The van der Waals surface area contributed by atoms with Gasteiger partial charge in [0.05, 0.1) is 30.4 Å². The van der Waals surface area contributed by atoms with Crippen LogP contribution in [0.1, 0.15) is 19.8 Å². The lowest BCUT2D eigenvalue weighted by Crippen LogP contribution is -2.64. The van der Waals surface area contributed by atoms with Gasteiger partial charge >= 0.3 is 0 Å². The summed E-state index contributed by atoms with van der Waals surface area (Å²) in [5.74, 6) is -0.158. The minimum Gasteiger partial charge on any atom is -0.386 e. The Hall–Kier alpha value is -1.73. The molecule has 2 aromatic rings. The zero-order valence-electron chi connectivity index (χ0n) is 11.8. The fourth-order valence-electron chi connectivity index (χ4n) is 2.72. The van der Waals surface area contributed by atoms with Crippen LogP contribution in [0.5, 0.6) is 0 Å². The molecule has 0 bridgehead atoms. The topological polar surface area (TPSA) is 75.4 Å². The van der Waals surface area contributed by atoms with Crippen molar-refractivity contribution in [2.75, 3.05) is 13.1 Å². The first-order valence-electron chi connectivity index (χ1n) is 6.95. The van der Waals surface area contributed by atoms with E-state index in [2.05, 4.69) is 4.98 Å². The second-order valence-electron chi connectivity index (χ2n) is 5.54. The van der Waals surface area contributed by atoms with E-state index in [1.165, 1.54) is 22.2 Å². The number of nitrogens with zero attached hydrogens (tertiary/aromatic N) is 3. The van der Waals surface area contributed by atoms with Crippen LogP contribution >= 0.6 is 11.3 Å². The predicted octanol–water partition coefficient (Wildman–Crippen LogP) is 0.831. The number of thiophene rings is 1. The van der Waals surface area contributed by atoms with Crippen molar-refractivity contribution in [3.8, 4) is 0 Å². The van der Waals surface area contributed by atoms with Gasteiger partial charge in [0.1, 0.15) is 11.4 Å². The Kier molecular flexibility index (Phi) is 3.54. The van der Waals surface area contributed by atoms with Crippen molar-refractivity contribution in [3.63, 3.8) is 0 Å². The van der Waals surface area contributed by atoms with E-state index < -0.39 is 5.60 Å². The Labute approximate surface area is 125 Å². The summed E-state index contributed by atoms with van der Waals surface area (Å²) in [6, 6.07) is 1.72. The Morgan fingerprint density at radius 3 is 3.00 bits per heavy atom. The lowest BCUT2D eigenvalue weighted by molar-refractivity contribution is -0.157. The summed E-state index contributed by atoms with van der Waals surface area (Å²) in [5.41, 5.74) is -0.941. The number of hydrogen-bond donors (Lipinski definition) is 1. The molecule has 3 heterocycles. The minimum atomic E-state index is -0.745. The number of likely N-dealkylation sites (tertiary alicyclic amines) is 1. The van der Waals surface area contributed by atoms with E-state index in [1.807, 2.05) is 12.3 Å². The van der Waals surface area contributed by atoms with Gasteiger partial charge in [0.15, 0.2) is 0 Å². The van der Waals surface area contributed by atoms with Gasteiger partial charge in [-0.15, -0.1) is 11.3 Å². The van der Waals surface area contributed by atoms with E-state index in [1.54, 1.807) is 11.0 Å². The Morgan fingerprint density at radius 1 is 1.52 bits per heavy atom. The third-order valence-electron chi connectivity index (χ3n) is 3.79. The first-order valence-corrected chi connectivity index (χ1v) is 7.83. The van der Waals surface area contributed by atoms with E-state index in [-0.39, 0.29) is 18.0 Å². The predicted molar refractivity (Wildman–Crippen MR) is 80.3 cm³/mol. The standard InChI is InChI=1S/C14H17N3O3S/c1-2-4-14(20)7-17(8-14)11(18)6-16-9-15-12-10(13(16)19)3-5-21-12/h3,5,9,20H,2,4,6-8H2,1H3. The first kappa shape index (κ1) is 14.2. The maximum Gasteiger partial charge on any atom is 0.262 e. The number of fused-ring (bicyclic) bond motifs is 1. The van der Waals surface area contributed by atoms with Gasteiger partial charge in [-0.3, -0.25) is 14.2 Å². The molecule has 0 radical (unpaired) electrons. The van der Waals surface area contributed by atoms with Crippen LogP contribution in [0.3, 0.4) is 0 Å². The zero-order chi connectivity index (χ0) is 15.0. The van der Waals surface area contributed by atoms with Crippen LogP contribution in [0.25, 0.3) is 10.2 Å². The van der Waals surface area contributed by atoms with Gasteiger partial charge in [0.2, 0.25) is 5.91 Å². The van der Waals surface area contributed by atoms with E-state index in [0.717, 1.165) is 6.42 Å². The highest BCUT2D eigenvalue weighted by Gasteiger charge is 2.42. The molecule has 1 fully saturated rings. The lowest BCUT2D eigenvalue weighted by Gasteiger charge is -2.46. The van der Waals surface area contributed by atoms with Crippen LogP contribution in [0.2, 0.25) is 0 Å².